The third-order valence-electron chi connectivity index (χ3n) is 3.64. The number of benzene rings is 1. The highest BCUT2D eigenvalue weighted by Crippen LogP contribution is 2.40. The van der Waals surface area contributed by atoms with E-state index in [2.05, 4.69) is 15.5 Å². The van der Waals surface area contributed by atoms with Gasteiger partial charge in [-0.15, -0.1) is 10.2 Å². The summed E-state index contributed by atoms with van der Waals surface area (Å²) >= 11 is 1.25. The minimum Gasteiger partial charge on any atom is -0.454 e. The SMILES string of the molecule is C[C@H](Sc1nnc(C2CC2)o1)C(=O)Nc1ccc2c(c1)OCO2. The standard InChI is InChI=1S/C15H15N3O4S/c1-8(23-15-18-17-14(22-15)9-2-3-9)13(19)16-10-4-5-11-12(6-10)21-7-20-11/h4-6,8-9H,2-3,7H2,1H3,(H,16,19)/t8-/m0/s1. The number of carbonyl (C=O) groups excluding carboxylic acids is 1. The highest BCUT2D eigenvalue weighted by molar-refractivity contribution is 8.00. The summed E-state index contributed by atoms with van der Waals surface area (Å²) in [4.78, 5) is 12.3. The number of nitrogens with zero attached hydrogens (tertiary/aromatic N) is 2. The van der Waals surface area contributed by atoms with Crippen LogP contribution in [0.4, 0.5) is 5.69 Å². The van der Waals surface area contributed by atoms with Gasteiger partial charge in [-0.3, -0.25) is 4.79 Å². The molecule has 0 unspecified atom stereocenters. The molecule has 1 atom stereocenters. The predicted molar refractivity (Wildman–Crippen MR) is 82.8 cm³/mol. The molecule has 2 aliphatic rings. The van der Waals surface area contributed by atoms with Crippen LogP contribution in [0.1, 0.15) is 31.6 Å². The van der Waals surface area contributed by atoms with Crippen molar-refractivity contribution in [3.63, 3.8) is 0 Å². The molecular formula is C15H15N3O4S. The lowest BCUT2D eigenvalue weighted by atomic mass is 10.2. The molecule has 8 heteroatoms. The molecule has 1 amide bonds. The summed E-state index contributed by atoms with van der Waals surface area (Å²) in [6.45, 7) is 2.01. The maximum absolute atomic E-state index is 12.3. The van der Waals surface area contributed by atoms with Crippen LogP contribution in [0.2, 0.25) is 0 Å². The van der Waals surface area contributed by atoms with Crippen molar-refractivity contribution in [2.75, 3.05) is 12.1 Å². The van der Waals surface area contributed by atoms with E-state index in [1.165, 1.54) is 11.8 Å². The molecule has 0 spiro atoms. The van der Waals surface area contributed by atoms with E-state index in [9.17, 15) is 4.79 Å². The number of anilines is 1. The zero-order valence-electron chi connectivity index (χ0n) is 12.4. The van der Waals surface area contributed by atoms with E-state index in [1.54, 1.807) is 25.1 Å². The number of carbonyl (C=O) groups is 1. The molecule has 7 nitrogen and oxygen atoms in total. The van der Waals surface area contributed by atoms with Crippen LogP contribution in [-0.2, 0) is 4.79 Å². The van der Waals surface area contributed by atoms with Gasteiger partial charge in [0.2, 0.25) is 18.6 Å². The number of aromatic nitrogens is 2. The molecular weight excluding hydrogens is 318 g/mol. The summed E-state index contributed by atoms with van der Waals surface area (Å²) < 4.78 is 16.1. The van der Waals surface area contributed by atoms with Crippen LogP contribution in [0.25, 0.3) is 0 Å². The van der Waals surface area contributed by atoms with Crippen molar-refractivity contribution in [1.29, 1.82) is 0 Å². The Morgan fingerprint density at radius 2 is 2.13 bits per heavy atom. The number of amides is 1. The van der Waals surface area contributed by atoms with Gasteiger partial charge in [0.25, 0.3) is 5.22 Å². The Labute approximate surface area is 136 Å². The summed E-state index contributed by atoms with van der Waals surface area (Å²) in [5, 5.41) is 10.9. The van der Waals surface area contributed by atoms with Gasteiger partial charge in [0.1, 0.15) is 0 Å². The summed E-state index contributed by atoms with van der Waals surface area (Å²) in [7, 11) is 0. The molecule has 0 saturated heterocycles. The Kier molecular flexibility index (Phi) is 3.60. The Morgan fingerprint density at radius 1 is 1.30 bits per heavy atom. The number of thioether (sulfide) groups is 1. The van der Waals surface area contributed by atoms with Crippen LogP contribution in [0.3, 0.4) is 0 Å². The van der Waals surface area contributed by atoms with Gasteiger partial charge in [-0.2, -0.15) is 0 Å². The van der Waals surface area contributed by atoms with Gasteiger partial charge in [0, 0.05) is 17.7 Å². The molecule has 1 aliphatic heterocycles. The van der Waals surface area contributed by atoms with E-state index >= 15 is 0 Å². The third-order valence-corrected chi connectivity index (χ3v) is 4.57. The Morgan fingerprint density at radius 3 is 2.96 bits per heavy atom. The monoisotopic (exact) mass is 333 g/mol. The van der Waals surface area contributed by atoms with Crippen LogP contribution in [0.15, 0.2) is 27.8 Å². The second-order valence-electron chi connectivity index (χ2n) is 5.50. The first kappa shape index (κ1) is 14.4. The maximum Gasteiger partial charge on any atom is 0.277 e. The molecule has 23 heavy (non-hydrogen) atoms. The van der Waals surface area contributed by atoms with Gasteiger partial charge >= 0.3 is 0 Å². The number of nitrogens with one attached hydrogen (secondary N) is 1. The highest BCUT2D eigenvalue weighted by Gasteiger charge is 2.30. The zero-order valence-corrected chi connectivity index (χ0v) is 13.3. The largest absolute Gasteiger partial charge is 0.454 e. The van der Waals surface area contributed by atoms with Gasteiger partial charge in [-0.05, 0) is 31.9 Å². The predicted octanol–water partition coefficient (Wildman–Crippen LogP) is 2.80. The first-order valence-corrected chi connectivity index (χ1v) is 8.27. The fourth-order valence-corrected chi connectivity index (χ4v) is 2.88. The molecule has 2 heterocycles. The van der Waals surface area contributed by atoms with E-state index in [0.717, 1.165) is 12.8 Å². The molecule has 1 saturated carbocycles. The van der Waals surface area contributed by atoms with Crippen LogP contribution < -0.4 is 14.8 Å². The van der Waals surface area contributed by atoms with Crippen molar-refractivity contribution in [1.82, 2.24) is 10.2 Å². The summed E-state index contributed by atoms with van der Waals surface area (Å²) in [6.07, 6.45) is 2.21. The van der Waals surface area contributed by atoms with Crippen LogP contribution in [0, 0.1) is 0 Å². The number of fused-ring (bicyclic) bond motifs is 1. The van der Waals surface area contributed by atoms with Crippen LogP contribution >= 0.6 is 11.8 Å². The summed E-state index contributed by atoms with van der Waals surface area (Å²) in [5.74, 6) is 2.27. The smallest absolute Gasteiger partial charge is 0.277 e. The molecule has 4 rings (SSSR count). The van der Waals surface area contributed by atoms with Crippen LogP contribution in [-0.4, -0.2) is 28.1 Å². The summed E-state index contributed by atoms with van der Waals surface area (Å²) in [5.41, 5.74) is 0.663. The fourth-order valence-electron chi connectivity index (χ4n) is 2.19. The second-order valence-corrected chi connectivity index (χ2v) is 6.79. The van der Waals surface area contributed by atoms with E-state index in [-0.39, 0.29) is 18.0 Å². The van der Waals surface area contributed by atoms with Gasteiger partial charge < -0.3 is 19.2 Å². The molecule has 1 aromatic heterocycles. The highest BCUT2D eigenvalue weighted by atomic mass is 32.2. The molecule has 2 aromatic rings. The Bertz CT molecular complexity index is 744. The first-order chi connectivity index (χ1) is 11.2. The van der Waals surface area contributed by atoms with E-state index in [1.807, 2.05) is 0 Å². The van der Waals surface area contributed by atoms with Crippen molar-refractivity contribution in [2.24, 2.45) is 0 Å². The quantitative estimate of drug-likeness (QED) is 0.842. The molecule has 1 aliphatic carbocycles. The third kappa shape index (κ3) is 3.12. The lowest BCUT2D eigenvalue weighted by Crippen LogP contribution is -2.22. The molecule has 0 bridgehead atoms. The van der Waals surface area contributed by atoms with Crippen molar-refractivity contribution < 1.29 is 18.7 Å². The average molecular weight is 333 g/mol. The number of rotatable bonds is 5. The fraction of sp³-hybridized carbons (Fsp3) is 0.400. The molecule has 1 fully saturated rings. The lowest BCUT2D eigenvalue weighted by molar-refractivity contribution is -0.115. The van der Waals surface area contributed by atoms with Crippen molar-refractivity contribution in [3.05, 3.63) is 24.1 Å². The van der Waals surface area contributed by atoms with E-state index in [0.29, 0.717) is 34.2 Å². The lowest BCUT2D eigenvalue weighted by Gasteiger charge is -2.10. The van der Waals surface area contributed by atoms with Gasteiger partial charge in [-0.1, -0.05) is 11.8 Å². The molecule has 120 valence electrons. The van der Waals surface area contributed by atoms with E-state index in [4.69, 9.17) is 13.9 Å². The average Bonchev–Trinajstić information content (AvgIpc) is 3.11. The first-order valence-electron chi connectivity index (χ1n) is 7.39. The van der Waals surface area contributed by atoms with Gasteiger partial charge in [0.05, 0.1) is 5.25 Å². The number of ether oxygens (including phenoxy) is 2. The second kappa shape index (κ2) is 5.77. The minimum absolute atomic E-state index is 0.139. The van der Waals surface area contributed by atoms with Crippen molar-refractivity contribution in [2.45, 2.75) is 36.2 Å². The molecule has 1 aromatic carbocycles. The Hall–Kier alpha value is -2.22. The zero-order chi connectivity index (χ0) is 15.8. The number of hydrogen-bond donors (Lipinski definition) is 1. The Balaban J connectivity index is 1.37. The number of hydrogen-bond acceptors (Lipinski definition) is 7. The maximum atomic E-state index is 12.3. The van der Waals surface area contributed by atoms with E-state index < -0.39 is 0 Å². The summed E-state index contributed by atoms with van der Waals surface area (Å²) in [6, 6.07) is 5.30. The molecule has 0 radical (unpaired) electrons. The normalized spacial score (nSPS) is 17.1. The van der Waals surface area contributed by atoms with Gasteiger partial charge in [0.15, 0.2) is 11.5 Å². The van der Waals surface area contributed by atoms with Crippen molar-refractivity contribution in [3.8, 4) is 11.5 Å². The van der Waals surface area contributed by atoms with Crippen LogP contribution in [0.5, 0.6) is 11.5 Å². The van der Waals surface area contributed by atoms with Crippen molar-refractivity contribution >= 4 is 23.4 Å². The molecule has 1 N–H and O–H groups in total. The minimum atomic E-state index is -0.354. The van der Waals surface area contributed by atoms with Gasteiger partial charge in [-0.25, -0.2) is 0 Å². The topological polar surface area (TPSA) is 86.5 Å².